The van der Waals surface area contributed by atoms with Gasteiger partial charge in [-0.05, 0) is 6.08 Å². The maximum Gasteiger partial charge on any atom is 0.260 e. The lowest BCUT2D eigenvalue weighted by molar-refractivity contribution is 0.207. The van der Waals surface area contributed by atoms with E-state index in [4.69, 9.17) is 27.9 Å². The molecular formula is C4H4Cl2O. The van der Waals surface area contributed by atoms with Crippen LogP contribution in [0.25, 0.3) is 0 Å². The molecule has 7 heavy (non-hydrogen) atoms. The first-order valence-corrected chi connectivity index (χ1v) is 2.67. The fraction of sp³-hybridized carbons (Fsp3) is 0.500. The van der Waals surface area contributed by atoms with E-state index in [9.17, 15) is 0 Å². The van der Waals surface area contributed by atoms with E-state index in [1.54, 1.807) is 6.08 Å². The molecule has 1 rings (SSSR count). The largest absolute Gasteiger partial charge is 0.466 e. The highest BCUT2D eigenvalue weighted by Gasteiger charge is 2.25. The third-order valence-electron chi connectivity index (χ3n) is 0.692. The fourth-order valence-electron chi connectivity index (χ4n) is 0.381. The minimum atomic E-state index is -0.972. The van der Waals surface area contributed by atoms with Crippen molar-refractivity contribution in [1.29, 1.82) is 0 Å². The van der Waals surface area contributed by atoms with Gasteiger partial charge < -0.3 is 4.74 Å². The van der Waals surface area contributed by atoms with Crippen LogP contribution in [0.15, 0.2) is 12.3 Å². The van der Waals surface area contributed by atoms with Crippen LogP contribution >= 0.6 is 23.2 Å². The Morgan fingerprint density at radius 2 is 2.29 bits per heavy atom. The summed E-state index contributed by atoms with van der Waals surface area (Å²) in [6.07, 6.45) is 3.86. The molecule has 0 fully saturated rings. The molecule has 0 bridgehead atoms. The molecule has 1 aliphatic heterocycles. The lowest BCUT2D eigenvalue weighted by atomic mass is 10.5. The van der Waals surface area contributed by atoms with Crippen LogP contribution in [0.4, 0.5) is 0 Å². The van der Waals surface area contributed by atoms with E-state index in [1.807, 2.05) is 0 Å². The van der Waals surface area contributed by atoms with Crippen LogP contribution in [0.3, 0.4) is 0 Å². The van der Waals surface area contributed by atoms with Gasteiger partial charge in [0.05, 0.1) is 6.26 Å². The number of rotatable bonds is 0. The average molecular weight is 139 g/mol. The van der Waals surface area contributed by atoms with E-state index in [-0.39, 0.29) is 0 Å². The average Bonchev–Trinajstić information content (AvgIpc) is 1.84. The molecule has 0 aliphatic carbocycles. The normalized spacial score (nSPS) is 24.9. The Balaban J connectivity index is 2.49. The van der Waals surface area contributed by atoms with Gasteiger partial charge in [0.2, 0.25) is 0 Å². The monoisotopic (exact) mass is 138 g/mol. The number of ether oxygens (including phenoxy) is 1. The summed E-state index contributed by atoms with van der Waals surface area (Å²) in [6.45, 7) is 0. The quantitative estimate of drug-likeness (QED) is 0.466. The van der Waals surface area contributed by atoms with Crippen LogP contribution in [0.2, 0.25) is 0 Å². The minimum absolute atomic E-state index is 0.579. The topological polar surface area (TPSA) is 9.23 Å². The summed E-state index contributed by atoms with van der Waals surface area (Å²) in [5.41, 5.74) is 0. The van der Waals surface area contributed by atoms with Crippen molar-refractivity contribution < 1.29 is 4.74 Å². The molecule has 0 spiro atoms. The third-order valence-corrected chi connectivity index (χ3v) is 1.18. The Hall–Kier alpha value is 0.120. The van der Waals surface area contributed by atoms with E-state index < -0.39 is 4.52 Å². The summed E-state index contributed by atoms with van der Waals surface area (Å²) in [7, 11) is 0. The molecule has 1 heterocycles. The van der Waals surface area contributed by atoms with E-state index in [1.165, 1.54) is 6.26 Å². The van der Waals surface area contributed by atoms with Crippen LogP contribution in [-0.4, -0.2) is 4.52 Å². The Morgan fingerprint density at radius 3 is 2.43 bits per heavy atom. The zero-order valence-corrected chi connectivity index (χ0v) is 5.04. The smallest absolute Gasteiger partial charge is 0.260 e. The Kier molecular flexibility index (Phi) is 1.18. The predicted molar refractivity (Wildman–Crippen MR) is 29.3 cm³/mol. The van der Waals surface area contributed by atoms with Crippen LogP contribution in [-0.2, 0) is 4.74 Å². The molecule has 0 atom stereocenters. The maximum atomic E-state index is 5.45. The van der Waals surface area contributed by atoms with Gasteiger partial charge in [-0.3, -0.25) is 0 Å². The second kappa shape index (κ2) is 1.57. The van der Waals surface area contributed by atoms with Gasteiger partial charge in [0.15, 0.2) is 0 Å². The lowest BCUT2D eigenvalue weighted by Gasteiger charge is -2.09. The zero-order valence-electron chi connectivity index (χ0n) is 3.53. The second-order valence-electron chi connectivity index (χ2n) is 1.33. The van der Waals surface area contributed by atoms with Gasteiger partial charge in [-0.25, -0.2) is 0 Å². The summed E-state index contributed by atoms with van der Waals surface area (Å²) < 4.78 is 3.72. The Bertz CT molecular complexity index is 87.9. The van der Waals surface area contributed by atoms with Crippen LogP contribution < -0.4 is 0 Å². The highest BCUT2D eigenvalue weighted by Crippen LogP contribution is 2.31. The van der Waals surface area contributed by atoms with Gasteiger partial charge in [-0.15, -0.1) is 0 Å². The zero-order chi connectivity index (χ0) is 5.33. The van der Waals surface area contributed by atoms with E-state index in [0.29, 0.717) is 6.42 Å². The number of hydrogen-bond acceptors (Lipinski definition) is 1. The van der Waals surface area contributed by atoms with Gasteiger partial charge in [0, 0.05) is 6.42 Å². The summed E-state index contributed by atoms with van der Waals surface area (Å²) in [5, 5.41) is 0. The van der Waals surface area contributed by atoms with Crippen LogP contribution in [0.5, 0.6) is 0 Å². The van der Waals surface area contributed by atoms with Crippen molar-refractivity contribution in [1.82, 2.24) is 0 Å². The molecule has 3 heteroatoms. The van der Waals surface area contributed by atoms with Gasteiger partial charge >= 0.3 is 0 Å². The summed E-state index contributed by atoms with van der Waals surface area (Å²) in [6, 6.07) is 0. The van der Waals surface area contributed by atoms with Gasteiger partial charge in [-0.2, -0.15) is 0 Å². The summed E-state index contributed by atoms with van der Waals surface area (Å²) in [4.78, 5) is 0. The molecular weight excluding hydrogens is 135 g/mol. The minimum Gasteiger partial charge on any atom is -0.466 e. The van der Waals surface area contributed by atoms with Crippen molar-refractivity contribution in [3.05, 3.63) is 12.3 Å². The first-order valence-electron chi connectivity index (χ1n) is 1.91. The Labute approximate surface area is 51.9 Å². The first-order chi connectivity index (χ1) is 3.21. The number of halogens is 2. The molecule has 0 N–H and O–H groups in total. The molecule has 0 radical (unpaired) electrons. The molecule has 0 saturated heterocycles. The van der Waals surface area contributed by atoms with E-state index in [0.717, 1.165) is 0 Å². The molecule has 0 amide bonds. The SMILES string of the molecule is ClC1(Cl)CC=CO1. The summed E-state index contributed by atoms with van der Waals surface area (Å²) in [5.74, 6) is 0. The first kappa shape index (κ1) is 5.26. The maximum absolute atomic E-state index is 5.45. The highest BCUT2D eigenvalue weighted by atomic mass is 35.5. The molecule has 0 unspecified atom stereocenters. The molecule has 1 nitrogen and oxygen atoms in total. The number of alkyl halides is 2. The lowest BCUT2D eigenvalue weighted by Crippen LogP contribution is -2.07. The van der Waals surface area contributed by atoms with E-state index >= 15 is 0 Å². The van der Waals surface area contributed by atoms with Crippen molar-refractivity contribution in [3.8, 4) is 0 Å². The van der Waals surface area contributed by atoms with Gasteiger partial charge in [0.1, 0.15) is 0 Å². The van der Waals surface area contributed by atoms with Crippen molar-refractivity contribution in [2.45, 2.75) is 10.9 Å². The van der Waals surface area contributed by atoms with Gasteiger partial charge in [-0.1, -0.05) is 23.2 Å². The molecule has 0 aromatic rings. The van der Waals surface area contributed by atoms with Crippen LogP contribution in [0, 0.1) is 0 Å². The molecule has 1 aliphatic rings. The van der Waals surface area contributed by atoms with Crippen molar-refractivity contribution >= 4 is 23.2 Å². The standard InChI is InChI=1S/C4H4Cl2O/c5-4(6)2-1-3-7-4/h1,3H,2H2. The molecule has 0 aromatic carbocycles. The second-order valence-corrected chi connectivity index (χ2v) is 2.75. The van der Waals surface area contributed by atoms with Crippen molar-refractivity contribution in [2.75, 3.05) is 0 Å². The fourth-order valence-corrected chi connectivity index (χ4v) is 0.662. The Morgan fingerprint density at radius 1 is 1.57 bits per heavy atom. The van der Waals surface area contributed by atoms with E-state index in [2.05, 4.69) is 0 Å². The van der Waals surface area contributed by atoms with Crippen molar-refractivity contribution in [3.63, 3.8) is 0 Å². The third kappa shape index (κ3) is 1.25. The highest BCUT2D eigenvalue weighted by molar-refractivity contribution is 6.47. The van der Waals surface area contributed by atoms with Crippen molar-refractivity contribution in [2.24, 2.45) is 0 Å². The van der Waals surface area contributed by atoms with Gasteiger partial charge in [0.25, 0.3) is 4.52 Å². The van der Waals surface area contributed by atoms with Crippen LogP contribution in [0.1, 0.15) is 6.42 Å². The number of hydrogen-bond donors (Lipinski definition) is 0. The molecule has 40 valence electrons. The predicted octanol–water partition coefficient (Wildman–Crippen LogP) is 2.05. The molecule has 0 aromatic heterocycles. The molecule has 0 saturated carbocycles. The summed E-state index contributed by atoms with van der Waals surface area (Å²) >= 11 is 10.9.